The molecule has 0 bridgehead atoms. The summed E-state index contributed by atoms with van der Waals surface area (Å²) in [6.07, 6.45) is 7.81. The van der Waals surface area contributed by atoms with Crippen LogP contribution in [0.4, 0.5) is 0 Å². The van der Waals surface area contributed by atoms with E-state index in [1.807, 2.05) is 0 Å². The number of benzene rings is 1. The van der Waals surface area contributed by atoms with Crippen molar-refractivity contribution in [1.29, 1.82) is 0 Å². The molecular formula is C16H23NO. The topological polar surface area (TPSA) is 21.3 Å². The maximum atomic E-state index is 5.55. The highest BCUT2D eigenvalue weighted by Crippen LogP contribution is 2.27. The summed E-state index contributed by atoms with van der Waals surface area (Å²) in [4.78, 5) is 0. The van der Waals surface area contributed by atoms with E-state index in [1.165, 1.54) is 56.3 Å². The Hall–Kier alpha value is -1.02. The molecule has 0 aromatic heterocycles. The lowest BCUT2D eigenvalue weighted by atomic mass is 9.91. The van der Waals surface area contributed by atoms with E-state index >= 15 is 0 Å². The summed E-state index contributed by atoms with van der Waals surface area (Å²) in [5, 5.41) is 3.44. The zero-order chi connectivity index (χ0) is 12.2. The first-order chi connectivity index (χ1) is 8.92. The maximum Gasteiger partial charge on any atom is 0.122 e. The zero-order valence-corrected chi connectivity index (χ0v) is 11.1. The fourth-order valence-corrected chi connectivity index (χ4v) is 3.16. The van der Waals surface area contributed by atoms with Gasteiger partial charge in [-0.15, -0.1) is 0 Å². The molecule has 1 saturated heterocycles. The molecule has 2 aliphatic heterocycles. The molecule has 0 saturated carbocycles. The summed E-state index contributed by atoms with van der Waals surface area (Å²) in [7, 11) is 0. The molecule has 0 radical (unpaired) electrons. The minimum atomic E-state index is 0.869. The number of aryl methyl sites for hydroxylation is 1. The summed E-state index contributed by atoms with van der Waals surface area (Å²) in [6.45, 7) is 3.32. The fraction of sp³-hybridized carbons (Fsp3) is 0.625. The number of hydrogen-bond acceptors (Lipinski definition) is 2. The Labute approximate surface area is 110 Å². The molecule has 98 valence electrons. The highest BCUT2D eigenvalue weighted by molar-refractivity contribution is 5.39. The van der Waals surface area contributed by atoms with Gasteiger partial charge in [0.1, 0.15) is 5.75 Å². The van der Waals surface area contributed by atoms with Crippen LogP contribution in [0.2, 0.25) is 0 Å². The summed E-state index contributed by atoms with van der Waals surface area (Å²) >= 11 is 0. The number of rotatable bonds is 4. The molecule has 0 unspecified atom stereocenters. The Morgan fingerprint density at radius 2 is 2.11 bits per heavy atom. The van der Waals surface area contributed by atoms with Crippen molar-refractivity contribution in [2.75, 3.05) is 19.7 Å². The second-order valence-electron chi connectivity index (χ2n) is 5.63. The van der Waals surface area contributed by atoms with Crippen molar-refractivity contribution in [2.45, 2.75) is 38.5 Å². The molecule has 0 amide bonds. The predicted molar refractivity (Wildman–Crippen MR) is 74.2 cm³/mol. The molecule has 2 nitrogen and oxygen atoms in total. The third-order valence-electron chi connectivity index (χ3n) is 4.29. The van der Waals surface area contributed by atoms with Crippen LogP contribution in [0.3, 0.4) is 0 Å². The molecule has 2 aliphatic rings. The summed E-state index contributed by atoms with van der Waals surface area (Å²) in [5.41, 5.74) is 2.91. The van der Waals surface area contributed by atoms with E-state index in [4.69, 9.17) is 4.74 Å². The highest BCUT2D eigenvalue weighted by Gasteiger charge is 2.14. The lowest BCUT2D eigenvalue weighted by molar-refractivity contribution is 0.347. The summed E-state index contributed by atoms with van der Waals surface area (Å²) in [6, 6.07) is 6.75. The molecular weight excluding hydrogens is 222 g/mol. The van der Waals surface area contributed by atoms with Gasteiger partial charge in [0, 0.05) is 6.42 Å². The molecule has 0 atom stereocenters. The molecule has 1 N–H and O–H groups in total. The Balaban J connectivity index is 1.48. The molecule has 2 heteroatoms. The van der Waals surface area contributed by atoms with Gasteiger partial charge in [0.05, 0.1) is 6.61 Å². The minimum absolute atomic E-state index is 0.869. The first-order valence-corrected chi connectivity index (χ1v) is 7.37. The summed E-state index contributed by atoms with van der Waals surface area (Å²) < 4.78 is 5.55. The van der Waals surface area contributed by atoms with Crippen LogP contribution < -0.4 is 10.1 Å². The van der Waals surface area contributed by atoms with Crippen molar-refractivity contribution in [3.63, 3.8) is 0 Å². The van der Waals surface area contributed by atoms with Gasteiger partial charge < -0.3 is 10.1 Å². The molecule has 18 heavy (non-hydrogen) atoms. The van der Waals surface area contributed by atoms with Gasteiger partial charge in [0.15, 0.2) is 0 Å². The first kappa shape index (κ1) is 12.0. The van der Waals surface area contributed by atoms with Crippen molar-refractivity contribution in [2.24, 2.45) is 5.92 Å². The van der Waals surface area contributed by atoms with E-state index in [9.17, 15) is 0 Å². The van der Waals surface area contributed by atoms with Crippen molar-refractivity contribution in [1.82, 2.24) is 5.32 Å². The van der Waals surface area contributed by atoms with E-state index in [-0.39, 0.29) is 0 Å². The van der Waals surface area contributed by atoms with E-state index in [2.05, 4.69) is 23.5 Å². The van der Waals surface area contributed by atoms with Crippen molar-refractivity contribution in [3.05, 3.63) is 29.3 Å². The van der Waals surface area contributed by atoms with E-state index < -0.39 is 0 Å². The van der Waals surface area contributed by atoms with Crippen LogP contribution in [0.5, 0.6) is 5.75 Å². The lowest BCUT2D eigenvalue weighted by Gasteiger charge is -2.22. The number of piperidine rings is 1. The van der Waals surface area contributed by atoms with Crippen molar-refractivity contribution < 1.29 is 4.74 Å². The average molecular weight is 245 g/mol. The van der Waals surface area contributed by atoms with E-state index in [1.54, 1.807) is 0 Å². The first-order valence-electron chi connectivity index (χ1n) is 7.37. The van der Waals surface area contributed by atoms with Crippen molar-refractivity contribution >= 4 is 0 Å². The van der Waals surface area contributed by atoms with Crippen LogP contribution in [0.1, 0.15) is 36.8 Å². The van der Waals surface area contributed by atoms with Gasteiger partial charge in [-0.1, -0.05) is 18.6 Å². The second-order valence-corrected chi connectivity index (χ2v) is 5.63. The van der Waals surface area contributed by atoms with Gasteiger partial charge in [-0.3, -0.25) is 0 Å². The second kappa shape index (κ2) is 5.75. The quantitative estimate of drug-likeness (QED) is 0.880. The van der Waals surface area contributed by atoms with Gasteiger partial charge >= 0.3 is 0 Å². The number of hydrogen-bond donors (Lipinski definition) is 1. The van der Waals surface area contributed by atoms with Crippen LogP contribution in [0, 0.1) is 5.92 Å². The smallest absolute Gasteiger partial charge is 0.122 e. The SMILES string of the molecule is c1cc2c(cc1CCCC1CCNCC1)CCO2. The zero-order valence-electron chi connectivity index (χ0n) is 11.1. The maximum absolute atomic E-state index is 5.55. The van der Waals surface area contributed by atoms with Gasteiger partial charge in [-0.05, 0) is 61.9 Å². The van der Waals surface area contributed by atoms with Gasteiger partial charge in [0.25, 0.3) is 0 Å². The highest BCUT2D eigenvalue weighted by atomic mass is 16.5. The molecule has 1 fully saturated rings. The number of nitrogens with one attached hydrogen (secondary N) is 1. The van der Waals surface area contributed by atoms with Crippen LogP contribution in [-0.4, -0.2) is 19.7 Å². The molecule has 1 aromatic carbocycles. The van der Waals surface area contributed by atoms with Gasteiger partial charge in [0.2, 0.25) is 0 Å². The molecule has 0 aliphatic carbocycles. The van der Waals surface area contributed by atoms with Gasteiger partial charge in [-0.25, -0.2) is 0 Å². The van der Waals surface area contributed by atoms with Crippen LogP contribution >= 0.6 is 0 Å². The largest absolute Gasteiger partial charge is 0.493 e. The molecule has 0 spiro atoms. The molecule has 2 heterocycles. The Kier molecular flexibility index (Phi) is 3.84. The summed E-state index contributed by atoms with van der Waals surface area (Å²) in [5.74, 6) is 2.07. The van der Waals surface area contributed by atoms with Gasteiger partial charge in [-0.2, -0.15) is 0 Å². The van der Waals surface area contributed by atoms with Crippen LogP contribution in [0.25, 0.3) is 0 Å². The Morgan fingerprint density at radius 1 is 1.22 bits per heavy atom. The Bertz CT molecular complexity index is 396. The number of fused-ring (bicyclic) bond motifs is 1. The monoisotopic (exact) mass is 245 g/mol. The standard InChI is InChI=1S/C16H23NO/c1(2-13-6-9-17-10-7-13)3-14-4-5-16-15(12-14)8-11-18-16/h4-5,12-13,17H,1-3,6-11H2. The van der Waals surface area contributed by atoms with Crippen molar-refractivity contribution in [3.8, 4) is 5.75 Å². The normalized spacial score (nSPS) is 19.6. The Morgan fingerprint density at radius 3 is 3.00 bits per heavy atom. The lowest BCUT2D eigenvalue weighted by Crippen LogP contribution is -2.27. The van der Waals surface area contributed by atoms with E-state index in [0.717, 1.165) is 24.7 Å². The third kappa shape index (κ3) is 2.86. The molecule has 3 rings (SSSR count). The minimum Gasteiger partial charge on any atom is -0.493 e. The molecule has 1 aromatic rings. The predicted octanol–water partition coefficient (Wildman–Crippen LogP) is 2.94. The number of ether oxygens (including phenoxy) is 1. The van der Waals surface area contributed by atoms with E-state index in [0.29, 0.717) is 0 Å². The van der Waals surface area contributed by atoms with Crippen LogP contribution in [-0.2, 0) is 12.8 Å². The third-order valence-corrected chi connectivity index (χ3v) is 4.29. The van der Waals surface area contributed by atoms with Crippen LogP contribution in [0.15, 0.2) is 18.2 Å². The average Bonchev–Trinajstić information content (AvgIpc) is 2.87. The fourth-order valence-electron chi connectivity index (χ4n) is 3.16.